The molecular weight excluding hydrogens is 146 g/mol. The van der Waals surface area contributed by atoms with Gasteiger partial charge in [0.25, 0.3) is 0 Å². The lowest BCUT2D eigenvalue weighted by molar-refractivity contribution is -0.119. The van der Waals surface area contributed by atoms with E-state index < -0.39 is 11.9 Å². The fourth-order valence-electron chi connectivity index (χ4n) is 0.469. The third kappa shape index (κ3) is 6.53. The van der Waals surface area contributed by atoms with Gasteiger partial charge < -0.3 is 11.1 Å². The van der Waals surface area contributed by atoms with Crippen molar-refractivity contribution in [2.75, 3.05) is 13.1 Å². The van der Waals surface area contributed by atoms with Crippen LogP contribution in [0.5, 0.6) is 0 Å². The van der Waals surface area contributed by atoms with E-state index in [0.29, 0.717) is 6.54 Å². The summed E-state index contributed by atoms with van der Waals surface area (Å²) in [4.78, 5) is 20.7. The van der Waals surface area contributed by atoms with Crippen molar-refractivity contribution in [2.45, 2.75) is 0 Å². The summed E-state index contributed by atoms with van der Waals surface area (Å²) >= 11 is 0. The molecule has 0 saturated carbocycles. The molecule has 0 aliphatic heterocycles. The molecule has 0 aromatic rings. The summed E-state index contributed by atoms with van der Waals surface area (Å²) in [6, 6.07) is -0.838. The molecule has 0 aromatic carbocycles. The summed E-state index contributed by atoms with van der Waals surface area (Å²) in [6.07, 6.45) is 1.61. The number of hydrogen-bond donors (Lipinski definition) is 3. The predicted octanol–water partition coefficient (Wildman–Crippen LogP) is -1.04. The summed E-state index contributed by atoms with van der Waals surface area (Å²) in [7, 11) is 0. The topological polar surface area (TPSA) is 84.2 Å². The van der Waals surface area contributed by atoms with Crippen LogP contribution in [-0.4, -0.2) is 25.0 Å². The fraction of sp³-hybridized carbons (Fsp3) is 0.333. The summed E-state index contributed by atoms with van der Waals surface area (Å²) in [6.45, 7) is 4.02. The minimum Gasteiger partial charge on any atom is -0.351 e. The second kappa shape index (κ2) is 5.43. The summed E-state index contributed by atoms with van der Waals surface area (Å²) in [5, 5.41) is 4.61. The van der Waals surface area contributed by atoms with Gasteiger partial charge in [0.2, 0.25) is 5.91 Å². The van der Waals surface area contributed by atoms with Crippen molar-refractivity contribution in [2.24, 2.45) is 5.73 Å². The highest BCUT2D eigenvalue weighted by atomic mass is 16.2. The zero-order valence-electron chi connectivity index (χ0n) is 6.09. The smallest absolute Gasteiger partial charge is 0.318 e. The number of nitrogens with one attached hydrogen (secondary N) is 2. The Morgan fingerprint density at radius 3 is 2.64 bits per heavy atom. The Balaban J connectivity index is 3.37. The normalized spacial score (nSPS) is 8.73. The number of rotatable bonds is 4. The fourth-order valence-corrected chi connectivity index (χ4v) is 0.469. The van der Waals surface area contributed by atoms with Gasteiger partial charge in [0.05, 0.1) is 6.54 Å². The standard InChI is InChI=1S/C6H11N3O2/c1-2-3-8-4-5(10)9-6(7)11/h2,8H,1,3-4H2,(H3,7,9,10,11). The molecule has 62 valence electrons. The van der Waals surface area contributed by atoms with Crippen molar-refractivity contribution in [3.05, 3.63) is 12.7 Å². The average molecular weight is 157 g/mol. The van der Waals surface area contributed by atoms with Crippen LogP contribution in [0.25, 0.3) is 0 Å². The van der Waals surface area contributed by atoms with Crippen LogP contribution in [0.15, 0.2) is 12.7 Å². The number of hydrogen-bond acceptors (Lipinski definition) is 3. The van der Waals surface area contributed by atoms with Gasteiger partial charge in [-0.05, 0) is 0 Å². The number of primary amides is 1. The van der Waals surface area contributed by atoms with Crippen LogP contribution in [0.2, 0.25) is 0 Å². The summed E-state index contributed by atoms with van der Waals surface area (Å²) in [5.74, 6) is -0.445. The highest BCUT2D eigenvalue weighted by molar-refractivity contribution is 5.94. The van der Waals surface area contributed by atoms with E-state index in [2.05, 4.69) is 17.6 Å². The Kier molecular flexibility index (Phi) is 4.76. The molecule has 0 saturated heterocycles. The second-order valence-electron chi connectivity index (χ2n) is 1.83. The molecule has 4 N–H and O–H groups in total. The van der Waals surface area contributed by atoms with Crippen molar-refractivity contribution in [1.82, 2.24) is 10.6 Å². The highest BCUT2D eigenvalue weighted by Gasteiger charge is 2.00. The SMILES string of the molecule is C=CCNCC(=O)NC(N)=O. The molecule has 3 amide bonds. The Morgan fingerprint density at radius 1 is 1.55 bits per heavy atom. The first-order chi connectivity index (χ1) is 5.16. The largest absolute Gasteiger partial charge is 0.351 e. The number of carbonyl (C=O) groups is 2. The summed E-state index contributed by atoms with van der Waals surface area (Å²) in [5.41, 5.74) is 4.68. The first kappa shape index (κ1) is 9.64. The van der Waals surface area contributed by atoms with Crippen LogP contribution >= 0.6 is 0 Å². The molecule has 0 aliphatic rings. The maximum absolute atomic E-state index is 10.6. The van der Waals surface area contributed by atoms with E-state index in [9.17, 15) is 9.59 Å². The van der Waals surface area contributed by atoms with Crippen LogP contribution in [0.1, 0.15) is 0 Å². The van der Waals surface area contributed by atoms with Gasteiger partial charge in [0, 0.05) is 6.54 Å². The maximum atomic E-state index is 10.6. The van der Waals surface area contributed by atoms with Gasteiger partial charge in [-0.15, -0.1) is 6.58 Å². The molecule has 0 spiro atoms. The van der Waals surface area contributed by atoms with Crippen molar-refractivity contribution < 1.29 is 9.59 Å². The molecule has 0 aromatic heterocycles. The Hall–Kier alpha value is -1.36. The molecule has 0 bridgehead atoms. The molecule has 0 atom stereocenters. The van der Waals surface area contributed by atoms with E-state index in [1.807, 2.05) is 5.32 Å². The van der Waals surface area contributed by atoms with Crippen LogP contribution < -0.4 is 16.4 Å². The third-order valence-corrected chi connectivity index (χ3v) is 0.837. The first-order valence-electron chi connectivity index (χ1n) is 3.07. The lowest BCUT2D eigenvalue weighted by Crippen LogP contribution is -2.40. The highest BCUT2D eigenvalue weighted by Crippen LogP contribution is 1.64. The van der Waals surface area contributed by atoms with E-state index >= 15 is 0 Å². The average Bonchev–Trinajstić information content (AvgIpc) is 1.86. The van der Waals surface area contributed by atoms with E-state index in [-0.39, 0.29) is 6.54 Å². The van der Waals surface area contributed by atoms with Crippen LogP contribution in [-0.2, 0) is 4.79 Å². The molecule has 0 fully saturated rings. The zero-order valence-corrected chi connectivity index (χ0v) is 6.09. The lowest BCUT2D eigenvalue weighted by Gasteiger charge is -1.99. The van der Waals surface area contributed by atoms with Crippen molar-refractivity contribution in [1.29, 1.82) is 0 Å². The molecule has 0 rings (SSSR count). The minimum atomic E-state index is -0.838. The van der Waals surface area contributed by atoms with Crippen LogP contribution in [0.4, 0.5) is 4.79 Å². The molecular formula is C6H11N3O2. The number of urea groups is 1. The number of imide groups is 1. The Bertz CT molecular complexity index is 167. The molecule has 11 heavy (non-hydrogen) atoms. The van der Waals surface area contributed by atoms with Gasteiger partial charge in [-0.3, -0.25) is 10.1 Å². The van der Waals surface area contributed by atoms with Crippen molar-refractivity contribution >= 4 is 11.9 Å². The van der Waals surface area contributed by atoms with Gasteiger partial charge in [0.1, 0.15) is 0 Å². The Labute approximate surface area is 64.6 Å². The molecule has 0 heterocycles. The first-order valence-corrected chi connectivity index (χ1v) is 3.07. The third-order valence-electron chi connectivity index (χ3n) is 0.837. The molecule has 0 aliphatic carbocycles. The van der Waals surface area contributed by atoms with Crippen molar-refractivity contribution in [3.8, 4) is 0 Å². The van der Waals surface area contributed by atoms with E-state index in [0.717, 1.165) is 0 Å². The number of amides is 3. The summed E-state index contributed by atoms with van der Waals surface area (Å²) < 4.78 is 0. The maximum Gasteiger partial charge on any atom is 0.318 e. The van der Waals surface area contributed by atoms with Crippen LogP contribution in [0, 0.1) is 0 Å². The van der Waals surface area contributed by atoms with E-state index in [1.54, 1.807) is 6.08 Å². The molecule has 5 nitrogen and oxygen atoms in total. The van der Waals surface area contributed by atoms with Gasteiger partial charge in [-0.2, -0.15) is 0 Å². The predicted molar refractivity (Wildman–Crippen MR) is 40.8 cm³/mol. The monoisotopic (exact) mass is 157 g/mol. The quantitative estimate of drug-likeness (QED) is 0.360. The molecule has 5 heteroatoms. The minimum absolute atomic E-state index is 0.0644. The second-order valence-corrected chi connectivity index (χ2v) is 1.83. The molecule has 0 unspecified atom stereocenters. The van der Waals surface area contributed by atoms with Gasteiger partial charge in [-0.1, -0.05) is 6.08 Å². The number of carbonyl (C=O) groups excluding carboxylic acids is 2. The number of nitrogens with two attached hydrogens (primary N) is 1. The zero-order chi connectivity index (χ0) is 8.69. The molecule has 0 radical (unpaired) electrons. The van der Waals surface area contributed by atoms with Gasteiger partial charge in [0.15, 0.2) is 0 Å². The van der Waals surface area contributed by atoms with Crippen molar-refractivity contribution in [3.63, 3.8) is 0 Å². The Morgan fingerprint density at radius 2 is 2.18 bits per heavy atom. The lowest BCUT2D eigenvalue weighted by atomic mass is 10.5. The van der Waals surface area contributed by atoms with Gasteiger partial charge >= 0.3 is 6.03 Å². The van der Waals surface area contributed by atoms with E-state index in [1.165, 1.54) is 0 Å². The van der Waals surface area contributed by atoms with Gasteiger partial charge in [-0.25, -0.2) is 4.79 Å². The van der Waals surface area contributed by atoms with Crippen LogP contribution in [0.3, 0.4) is 0 Å². The van der Waals surface area contributed by atoms with E-state index in [4.69, 9.17) is 0 Å².